The molecule has 0 aliphatic heterocycles. The van der Waals surface area contributed by atoms with Crippen molar-refractivity contribution >= 4 is 27.6 Å². The fraction of sp³-hybridized carbons (Fsp3) is 0.350. The molecule has 0 saturated carbocycles. The molecule has 0 atom stereocenters. The molecule has 1 aromatic carbocycles. The summed E-state index contributed by atoms with van der Waals surface area (Å²) in [7, 11) is -2.08. The van der Waals surface area contributed by atoms with Gasteiger partial charge in [-0.2, -0.15) is 4.31 Å². The van der Waals surface area contributed by atoms with E-state index in [1.807, 2.05) is 0 Å². The fourth-order valence-electron chi connectivity index (χ4n) is 2.46. The Labute approximate surface area is 170 Å². The van der Waals surface area contributed by atoms with Crippen LogP contribution in [0.25, 0.3) is 0 Å². The van der Waals surface area contributed by atoms with Gasteiger partial charge in [-0.15, -0.1) is 0 Å². The Balaban J connectivity index is 2.15. The first-order valence-corrected chi connectivity index (χ1v) is 10.6. The molecule has 1 aromatic heterocycles. The highest BCUT2D eigenvalue weighted by Crippen LogP contribution is 2.19. The van der Waals surface area contributed by atoms with Crippen LogP contribution in [0.5, 0.6) is 0 Å². The summed E-state index contributed by atoms with van der Waals surface area (Å²) >= 11 is 0. The van der Waals surface area contributed by atoms with Gasteiger partial charge in [0.25, 0.3) is 5.91 Å². The summed E-state index contributed by atoms with van der Waals surface area (Å²) in [6.45, 7) is 7.15. The maximum atomic E-state index is 12.5. The standard InChI is InChI=1S/C20H25N3O5S/c1-6-28-20(25)17-11-12-18(21-14(17)4)19(24)22-15-7-9-16(10-8-15)29(26,27)23(5)13(2)3/h7-13H,6H2,1-5H3,(H,22,24). The predicted molar refractivity (Wildman–Crippen MR) is 109 cm³/mol. The number of aryl methyl sites for hydroxylation is 1. The van der Waals surface area contributed by atoms with Crippen molar-refractivity contribution in [3.05, 3.63) is 53.3 Å². The van der Waals surface area contributed by atoms with E-state index in [1.54, 1.807) is 27.7 Å². The Bertz CT molecular complexity index is 1000. The molecule has 2 rings (SSSR count). The SMILES string of the molecule is CCOC(=O)c1ccc(C(=O)Nc2ccc(S(=O)(=O)N(C)C(C)C)cc2)nc1C. The molecule has 0 fully saturated rings. The van der Waals surface area contributed by atoms with Gasteiger partial charge in [0.2, 0.25) is 10.0 Å². The van der Waals surface area contributed by atoms with Gasteiger partial charge < -0.3 is 10.1 Å². The molecule has 0 bridgehead atoms. The third kappa shape index (κ3) is 5.18. The number of anilines is 1. The van der Waals surface area contributed by atoms with Crippen LogP contribution in [0.1, 0.15) is 47.3 Å². The number of rotatable bonds is 7. The summed E-state index contributed by atoms with van der Waals surface area (Å²) in [6, 6.07) is 8.65. The topological polar surface area (TPSA) is 106 Å². The van der Waals surface area contributed by atoms with Crippen LogP contribution in [0.4, 0.5) is 5.69 Å². The molecule has 8 nitrogen and oxygen atoms in total. The minimum Gasteiger partial charge on any atom is -0.462 e. The van der Waals surface area contributed by atoms with E-state index in [0.29, 0.717) is 16.9 Å². The molecule has 0 unspecified atom stereocenters. The molecule has 2 aromatic rings. The molecule has 0 spiro atoms. The van der Waals surface area contributed by atoms with E-state index in [2.05, 4.69) is 10.3 Å². The van der Waals surface area contributed by atoms with Gasteiger partial charge in [0, 0.05) is 18.8 Å². The van der Waals surface area contributed by atoms with Gasteiger partial charge in [-0.25, -0.2) is 18.2 Å². The minimum absolute atomic E-state index is 0.131. The molecule has 0 aliphatic carbocycles. The van der Waals surface area contributed by atoms with Gasteiger partial charge in [0.1, 0.15) is 5.69 Å². The zero-order valence-electron chi connectivity index (χ0n) is 17.1. The number of hydrogen-bond donors (Lipinski definition) is 1. The van der Waals surface area contributed by atoms with E-state index in [9.17, 15) is 18.0 Å². The minimum atomic E-state index is -3.59. The Morgan fingerprint density at radius 3 is 2.28 bits per heavy atom. The zero-order chi connectivity index (χ0) is 21.8. The normalized spacial score (nSPS) is 11.6. The average molecular weight is 420 g/mol. The number of pyridine rings is 1. The van der Waals surface area contributed by atoms with Gasteiger partial charge in [-0.1, -0.05) is 0 Å². The highest BCUT2D eigenvalue weighted by molar-refractivity contribution is 7.89. The summed E-state index contributed by atoms with van der Waals surface area (Å²) < 4.78 is 31.2. The van der Waals surface area contributed by atoms with Gasteiger partial charge in [-0.05, 0) is 64.1 Å². The van der Waals surface area contributed by atoms with E-state index in [0.717, 1.165) is 0 Å². The van der Waals surface area contributed by atoms with E-state index in [4.69, 9.17) is 4.74 Å². The Morgan fingerprint density at radius 2 is 1.76 bits per heavy atom. The first-order chi connectivity index (χ1) is 13.6. The highest BCUT2D eigenvalue weighted by Gasteiger charge is 2.23. The summed E-state index contributed by atoms with van der Waals surface area (Å²) in [5.74, 6) is -0.967. The van der Waals surface area contributed by atoms with Crippen molar-refractivity contribution in [1.82, 2.24) is 9.29 Å². The first kappa shape index (κ1) is 22.5. The van der Waals surface area contributed by atoms with Crippen LogP contribution in [0.3, 0.4) is 0 Å². The number of ether oxygens (including phenoxy) is 1. The molecule has 1 N–H and O–H groups in total. The Morgan fingerprint density at radius 1 is 1.14 bits per heavy atom. The maximum absolute atomic E-state index is 12.5. The van der Waals surface area contributed by atoms with Gasteiger partial charge >= 0.3 is 5.97 Å². The van der Waals surface area contributed by atoms with Crippen LogP contribution in [-0.4, -0.2) is 49.3 Å². The second-order valence-corrected chi connectivity index (χ2v) is 8.64. The number of benzene rings is 1. The lowest BCUT2D eigenvalue weighted by Crippen LogP contribution is -2.33. The monoisotopic (exact) mass is 419 g/mol. The van der Waals surface area contributed by atoms with Crippen molar-refractivity contribution in [1.29, 1.82) is 0 Å². The van der Waals surface area contributed by atoms with Gasteiger partial charge in [0.05, 0.1) is 22.8 Å². The second kappa shape index (κ2) is 9.15. The molecule has 29 heavy (non-hydrogen) atoms. The zero-order valence-corrected chi connectivity index (χ0v) is 17.9. The van der Waals surface area contributed by atoms with E-state index >= 15 is 0 Å². The van der Waals surface area contributed by atoms with Crippen molar-refractivity contribution in [2.75, 3.05) is 19.0 Å². The molecule has 1 heterocycles. The molecule has 156 valence electrons. The predicted octanol–water partition coefficient (Wildman–Crippen LogP) is 2.85. The number of nitrogens with zero attached hydrogens (tertiary/aromatic N) is 2. The number of aromatic nitrogens is 1. The number of carbonyl (C=O) groups excluding carboxylic acids is 2. The fourth-order valence-corrected chi connectivity index (χ4v) is 3.83. The number of sulfonamides is 1. The van der Waals surface area contributed by atoms with Crippen LogP contribution in [-0.2, 0) is 14.8 Å². The van der Waals surface area contributed by atoms with E-state index in [-0.39, 0.29) is 23.2 Å². The summed E-state index contributed by atoms with van der Waals surface area (Å²) in [5, 5.41) is 2.66. The van der Waals surface area contributed by atoms with Crippen molar-refractivity contribution in [3.63, 3.8) is 0 Å². The smallest absolute Gasteiger partial charge is 0.339 e. The molecule has 0 radical (unpaired) electrons. The number of hydrogen-bond acceptors (Lipinski definition) is 6. The second-order valence-electron chi connectivity index (χ2n) is 6.64. The first-order valence-electron chi connectivity index (χ1n) is 9.12. The van der Waals surface area contributed by atoms with Crippen LogP contribution < -0.4 is 5.32 Å². The van der Waals surface area contributed by atoms with Crippen LogP contribution >= 0.6 is 0 Å². The molecule has 9 heteroatoms. The lowest BCUT2D eigenvalue weighted by Gasteiger charge is -2.21. The molecule has 0 aliphatic rings. The lowest BCUT2D eigenvalue weighted by molar-refractivity contribution is 0.0524. The van der Waals surface area contributed by atoms with Crippen LogP contribution in [0.2, 0.25) is 0 Å². The van der Waals surface area contributed by atoms with Crippen LogP contribution in [0, 0.1) is 6.92 Å². The quantitative estimate of drug-likeness (QED) is 0.692. The number of amides is 1. The third-order valence-corrected chi connectivity index (χ3v) is 6.38. The maximum Gasteiger partial charge on any atom is 0.339 e. The van der Waals surface area contributed by atoms with Gasteiger partial charge in [0.15, 0.2) is 0 Å². The summed E-state index contributed by atoms with van der Waals surface area (Å²) in [6.07, 6.45) is 0. The molecule has 0 saturated heterocycles. The number of carbonyl (C=O) groups is 2. The largest absolute Gasteiger partial charge is 0.462 e. The Hall–Kier alpha value is -2.78. The Kier molecular flexibility index (Phi) is 7.10. The van der Waals surface area contributed by atoms with Crippen LogP contribution in [0.15, 0.2) is 41.3 Å². The van der Waals surface area contributed by atoms with Crippen molar-refractivity contribution in [2.45, 2.75) is 38.6 Å². The molecule has 1 amide bonds. The van der Waals surface area contributed by atoms with Crippen molar-refractivity contribution in [2.24, 2.45) is 0 Å². The number of nitrogens with one attached hydrogen (secondary N) is 1. The highest BCUT2D eigenvalue weighted by atomic mass is 32.2. The molecular weight excluding hydrogens is 394 g/mol. The van der Waals surface area contributed by atoms with Crippen molar-refractivity contribution < 1.29 is 22.7 Å². The number of esters is 1. The third-order valence-electron chi connectivity index (χ3n) is 4.33. The molecular formula is C20H25N3O5S. The average Bonchev–Trinajstić information content (AvgIpc) is 2.67. The van der Waals surface area contributed by atoms with E-state index < -0.39 is 21.9 Å². The summed E-state index contributed by atoms with van der Waals surface area (Å²) in [4.78, 5) is 28.6. The summed E-state index contributed by atoms with van der Waals surface area (Å²) in [5.41, 5.74) is 1.24. The van der Waals surface area contributed by atoms with Gasteiger partial charge in [-0.3, -0.25) is 4.79 Å². The lowest BCUT2D eigenvalue weighted by atomic mass is 10.2. The van der Waals surface area contributed by atoms with Crippen molar-refractivity contribution in [3.8, 4) is 0 Å². The van der Waals surface area contributed by atoms with E-state index in [1.165, 1.54) is 47.8 Å².